The molecule has 0 amide bonds. The Kier molecular flexibility index (Phi) is 3.18. The first-order valence-electron chi connectivity index (χ1n) is 6.68. The molecule has 1 aliphatic rings. The lowest BCUT2D eigenvalue weighted by atomic mass is 10.0. The molecule has 2 aromatic rings. The largest absolute Gasteiger partial charge is 0.340 e. The fourth-order valence-electron chi connectivity index (χ4n) is 2.81. The summed E-state index contributed by atoms with van der Waals surface area (Å²) in [7, 11) is 0. The third-order valence-electron chi connectivity index (χ3n) is 3.72. The normalized spacial score (nSPS) is 15.3. The van der Waals surface area contributed by atoms with Crippen molar-refractivity contribution in [2.24, 2.45) is 5.73 Å². The number of anilines is 2. The summed E-state index contributed by atoms with van der Waals surface area (Å²) >= 11 is 0. The van der Waals surface area contributed by atoms with Gasteiger partial charge in [-0.15, -0.1) is 0 Å². The molecule has 20 heavy (non-hydrogen) atoms. The van der Waals surface area contributed by atoms with Crippen molar-refractivity contribution in [2.45, 2.75) is 19.4 Å². The molecule has 0 fully saturated rings. The van der Waals surface area contributed by atoms with Gasteiger partial charge >= 0.3 is 0 Å². The topological polar surface area (TPSA) is 29.3 Å². The van der Waals surface area contributed by atoms with Gasteiger partial charge < -0.3 is 10.6 Å². The Bertz CT molecular complexity index is 653. The lowest BCUT2D eigenvalue weighted by Crippen LogP contribution is -2.19. The van der Waals surface area contributed by atoms with Crippen LogP contribution in [-0.2, 0) is 6.42 Å². The molecule has 2 nitrogen and oxygen atoms in total. The molecule has 0 aliphatic carbocycles. The van der Waals surface area contributed by atoms with Gasteiger partial charge in [0.05, 0.1) is 0 Å². The standard InChI is InChI=1S/C16H16F2N2/c1-10(19)16-13(18)3-2-4-14(16)20-8-7-11-5-6-12(17)9-15(11)20/h2-6,9-10H,7-8,19H2,1H3/t10-/m0/s1. The van der Waals surface area contributed by atoms with E-state index in [1.165, 1.54) is 18.2 Å². The maximum absolute atomic E-state index is 14.0. The van der Waals surface area contributed by atoms with Crippen molar-refractivity contribution >= 4 is 11.4 Å². The summed E-state index contributed by atoms with van der Waals surface area (Å²) in [6.45, 7) is 2.46. The highest BCUT2D eigenvalue weighted by Gasteiger charge is 2.25. The fourth-order valence-corrected chi connectivity index (χ4v) is 2.81. The number of halogens is 2. The molecule has 1 atom stereocenters. The van der Waals surface area contributed by atoms with E-state index in [0.29, 0.717) is 12.1 Å². The Labute approximate surface area is 116 Å². The van der Waals surface area contributed by atoms with Gasteiger partial charge in [0.1, 0.15) is 11.6 Å². The maximum atomic E-state index is 14.0. The molecular formula is C16H16F2N2. The zero-order chi connectivity index (χ0) is 14.3. The highest BCUT2D eigenvalue weighted by atomic mass is 19.1. The van der Waals surface area contributed by atoms with Gasteiger partial charge in [-0.2, -0.15) is 0 Å². The average molecular weight is 274 g/mol. The second kappa shape index (κ2) is 4.87. The first-order valence-corrected chi connectivity index (χ1v) is 6.68. The molecule has 0 aromatic heterocycles. The van der Waals surface area contributed by atoms with E-state index in [4.69, 9.17) is 5.73 Å². The number of benzene rings is 2. The number of hydrogen-bond acceptors (Lipinski definition) is 2. The maximum Gasteiger partial charge on any atom is 0.130 e. The predicted octanol–water partition coefficient (Wildman–Crippen LogP) is 3.68. The fraction of sp³-hybridized carbons (Fsp3) is 0.250. The van der Waals surface area contributed by atoms with Crippen LogP contribution < -0.4 is 10.6 Å². The number of rotatable bonds is 2. The van der Waals surface area contributed by atoms with Crippen LogP contribution in [0.2, 0.25) is 0 Å². The van der Waals surface area contributed by atoms with Crippen LogP contribution in [0.4, 0.5) is 20.2 Å². The van der Waals surface area contributed by atoms with Crippen LogP contribution in [0, 0.1) is 11.6 Å². The molecule has 1 aliphatic heterocycles. The van der Waals surface area contributed by atoms with Crippen LogP contribution in [-0.4, -0.2) is 6.54 Å². The van der Waals surface area contributed by atoms with Crippen LogP contribution in [0.1, 0.15) is 24.1 Å². The molecule has 0 saturated heterocycles. The lowest BCUT2D eigenvalue weighted by molar-refractivity contribution is 0.593. The van der Waals surface area contributed by atoms with E-state index in [1.54, 1.807) is 19.1 Å². The number of fused-ring (bicyclic) bond motifs is 1. The molecule has 4 heteroatoms. The van der Waals surface area contributed by atoms with Crippen molar-refractivity contribution in [3.63, 3.8) is 0 Å². The van der Waals surface area contributed by atoms with E-state index >= 15 is 0 Å². The Morgan fingerprint density at radius 2 is 1.95 bits per heavy atom. The number of nitrogens with two attached hydrogens (primary N) is 1. The van der Waals surface area contributed by atoms with Crippen LogP contribution in [0.5, 0.6) is 0 Å². The van der Waals surface area contributed by atoms with E-state index in [-0.39, 0.29) is 11.6 Å². The quantitative estimate of drug-likeness (QED) is 0.905. The van der Waals surface area contributed by atoms with Crippen LogP contribution >= 0.6 is 0 Å². The molecule has 0 bridgehead atoms. The summed E-state index contributed by atoms with van der Waals surface area (Å²) in [4.78, 5) is 1.94. The molecule has 0 saturated carbocycles. The molecule has 0 spiro atoms. The predicted molar refractivity (Wildman–Crippen MR) is 76.1 cm³/mol. The summed E-state index contributed by atoms with van der Waals surface area (Å²) in [5.41, 5.74) is 8.97. The van der Waals surface area contributed by atoms with Gasteiger partial charge in [0, 0.05) is 29.5 Å². The lowest BCUT2D eigenvalue weighted by Gasteiger charge is -2.24. The minimum absolute atomic E-state index is 0.283. The summed E-state index contributed by atoms with van der Waals surface area (Å²) < 4.78 is 27.5. The molecule has 2 N–H and O–H groups in total. The van der Waals surface area contributed by atoms with Gasteiger partial charge in [-0.25, -0.2) is 8.78 Å². The molecular weight excluding hydrogens is 258 g/mol. The van der Waals surface area contributed by atoms with Crippen molar-refractivity contribution < 1.29 is 8.78 Å². The van der Waals surface area contributed by atoms with Crippen LogP contribution in [0.15, 0.2) is 36.4 Å². The van der Waals surface area contributed by atoms with E-state index in [9.17, 15) is 8.78 Å². The molecule has 1 heterocycles. The second-order valence-electron chi connectivity index (χ2n) is 5.14. The molecule has 0 unspecified atom stereocenters. The Hall–Kier alpha value is -1.94. The highest BCUT2D eigenvalue weighted by Crippen LogP contribution is 2.38. The Balaban J connectivity index is 2.13. The zero-order valence-corrected chi connectivity index (χ0v) is 11.2. The number of hydrogen-bond donors (Lipinski definition) is 1. The zero-order valence-electron chi connectivity index (χ0n) is 11.2. The van der Waals surface area contributed by atoms with Crippen molar-refractivity contribution in [1.29, 1.82) is 0 Å². The summed E-state index contributed by atoms with van der Waals surface area (Å²) in [6.07, 6.45) is 0.824. The first kappa shape index (κ1) is 13.1. The Morgan fingerprint density at radius 1 is 1.15 bits per heavy atom. The van der Waals surface area contributed by atoms with E-state index < -0.39 is 6.04 Å². The van der Waals surface area contributed by atoms with E-state index in [1.807, 2.05) is 11.0 Å². The van der Waals surface area contributed by atoms with E-state index in [2.05, 4.69) is 0 Å². The molecule has 104 valence electrons. The first-order chi connectivity index (χ1) is 9.58. The summed E-state index contributed by atoms with van der Waals surface area (Å²) in [5.74, 6) is -0.600. The smallest absolute Gasteiger partial charge is 0.130 e. The summed E-state index contributed by atoms with van der Waals surface area (Å²) in [6, 6.07) is 9.23. The van der Waals surface area contributed by atoms with E-state index in [0.717, 1.165) is 23.4 Å². The van der Waals surface area contributed by atoms with Gasteiger partial charge in [0.2, 0.25) is 0 Å². The van der Waals surface area contributed by atoms with Crippen LogP contribution in [0.3, 0.4) is 0 Å². The second-order valence-corrected chi connectivity index (χ2v) is 5.14. The minimum Gasteiger partial charge on any atom is -0.340 e. The SMILES string of the molecule is C[C@H](N)c1c(F)cccc1N1CCc2ccc(F)cc21. The van der Waals surface area contributed by atoms with Gasteiger partial charge in [-0.1, -0.05) is 12.1 Å². The van der Waals surface area contributed by atoms with Crippen molar-refractivity contribution in [3.05, 3.63) is 59.2 Å². The van der Waals surface area contributed by atoms with Crippen LogP contribution in [0.25, 0.3) is 0 Å². The molecule has 2 aromatic carbocycles. The van der Waals surface area contributed by atoms with Gasteiger partial charge in [-0.05, 0) is 43.2 Å². The van der Waals surface area contributed by atoms with Gasteiger partial charge in [-0.3, -0.25) is 0 Å². The monoisotopic (exact) mass is 274 g/mol. The van der Waals surface area contributed by atoms with Crippen molar-refractivity contribution in [2.75, 3.05) is 11.4 Å². The highest BCUT2D eigenvalue weighted by molar-refractivity contribution is 5.72. The third kappa shape index (κ3) is 2.06. The van der Waals surface area contributed by atoms with Gasteiger partial charge in [0.25, 0.3) is 0 Å². The summed E-state index contributed by atoms with van der Waals surface area (Å²) in [5, 5.41) is 0. The Morgan fingerprint density at radius 3 is 2.70 bits per heavy atom. The third-order valence-corrected chi connectivity index (χ3v) is 3.72. The average Bonchev–Trinajstić information content (AvgIpc) is 2.80. The van der Waals surface area contributed by atoms with Crippen molar-refractivity contribution in [3.8, 4) is 0 Å². The number of nitrogens with zero attached hydrogens (tertiary/aromatic N) is 1. The van der Waals surface area contributed by atoms with Gasteiger partial charge in [0.15, 0.2) is 0 Å². The van der Waals surface area contributed by atoms with Crippen molar-refractivity contribution in [1.82, 2.24) is 0 Å². The molecule has 0 radical (unpaired) electrons. The minimum atomic E-state index is -0.413. The molecule has 3 rings (SSSR count).